The van der Waals surface area contributed by atoms with Gasteiger partial charge in [-0.1, -0.05) is 73.7 Å². The van der Waals surface area contributed by atoms with E-state index >= 15 is 0 Å². The summed E-state index contributed by atoms with van der Waals surface area (Å²) in [6, 6.07) is 26.9. The lowest BCUT2D eigenvalue weighted by molar-refractivity contribution is -0.123. The fourth-order valence-corrected chi connectivity index (χ4v) is 3.94. The Morgan fingerprint density at radius 2 is 1.59 bits per heavy atom. The molecule has 0 spiro atoms. The van der Waals surface area contributed by atoms with E-state index in [1.54, 1.807) is 7.11 Å². The molecule has 4 rings (SSSR count). The topological polar surface area (TPSA) is 38.3 Å². The van der Waals surface area contributed by atoms with Crippen LogP contribution in [0.15, 0.2) is 78.9 Å². The normalized spacial score (nSPS) is 18.7. The second kappa shape index (κ2) is 8.52. The first kappa shape index (κ1) is 19.3. The van der Waals surface area contributed by atoms with Crippen LogP contribution in [-0.4, -0.2) is 13.0 Å². The second-order valence-electron chi connectivity index (χ2n) is 7.68. The van der Waals surface area contributed by atoms with Crippen LogP contribution in [0.2, 0.25) is 0 Å². The van der Waals surface area contributed by atoms with Crippen LogP contribution in [-0.2, 0) is 4.79 Å². The molecule has 3 aromatic rings. The van der Waals surface area contributed by atoms with Gasteiger partial charge in [0.25, 0.3) is 0 Å². The minimum absolute atomic E-state index is 0.0458. The lowest BCUT2D eigenvalue weighted by atomic mass is 9.99. The third kappa shape index (κ3) is 4.34. The van der Waals surface area contributed by atoms with Crippen molar-refractivity contribution in [2.24, 2.45) is 5.92 Å². The Morgan fingerprint density at radius 3 is 2.17 bits per heavy atom. The molecule has 1 saturated carbocycles. The van der Waals surface area contributed by atoms with Crippen LogP contribution in [0.5, 0.6) is 5.75 Å². The Morgan fingerprint density at radius 1 is 0.966 bits per heavy atom. The van der Waals surface area contributed by atoms with Gasteiger partial charge in [-0.25, -0.2) is 0 Å². The van der Waals surface area contributed by atoms with Crippen molar-refractivity contribution in [3.8, 4) is 16.9 Å². The average Bonchev–Trinajstić information content (AvgIpc) is 3.59. The third-order valence-corrected chi connectivity index (χ3v) is 5.82. The molecular weight excluding hydrogens is 358 g/mol. The molecule has 3 heteroatoms. The van der Waals surface area contributed by atoms with Crippen LogP contribution in [0, 0.1) is 5.92 Å². The summed E-state index contributed by atoms with van der Waals surface area (Å²) in [5, 5.41) is 3.26. The minimum Gasteiger partial charge on any atom is -0.497 e. The van der Waals surface area contributed by atoms with Crippen LogP contribution in [0.1, 0.15) is 42.9 Å². The SMILES string of the molecule is CC[C@H](NC(=O)[C@@H]1C[C@H]1c1ccccc1)c1ccc(-c2ccc(OC)cc2)cc1. The Hall–Kier alpha value is -3.07. The molecule has 0 bridgehead atoms. The summed E-state index contributed by atoms with van der Waals surface area (Å²) in [6.45, 7) is 2.11. The molecule has 0 saturated heterocycles. The summed E-state index contributed by atoms with van der Waals surface area (Å²) in [5.41, 5.74) is 4.72. The van der Waals surface area contributed by atoms with Gasteiger partial charge in [0.2, 0.25) is 5.91 Å². The molecule has 0 unspecified atom stereocenters. The van der Waals surface area contributed by atoms with E-state index in [0.29, 0.717) is 5.92 Å². The highest BCUT2D eigenvalue weighted by atomic mass is 16.5. The molecule has 0 aromatic heterocycles. The van der Waals surface area contributed by atoms with Gasteiger partial charge in [0.15, 0.2) is 0 Å². The summed E-state index contributed by atoms with van der Waals surface area (Å²) >= 11 is 0. The van der Waals surface area contributed by atoms with Crippen molar-refractivity contribution in [1.29, 1.82) is 0 Å². The van der Waals surface area contributed by atoms with Crippen LogP contribution in [0.25, 0.3) is 11.1 Å². The Balaban J connectivity index is 1.40. The van der Waals surface area contributed by atoms with E-state index in [2.05, 4.69) is 60.8 Å². The quantitative estimate of drug-likeness (QED) is 0.564. The molecule has 3 atom stereocenters. The highest BCUT2D eigenvalue weighted by molar-refractivity contribution is 5.83. The summed E-state index contributed by atoms with van der Waals surface area (Å²) < 4.78 is 5.23. The summed E-state index contributed by atoms with van der Waals surface area (Å²) in [5.74, 6) is 1.49. The number of methoxy groups -OCH3 is 1. The summed E-state index contributed by atoms with van der Waals surface area (Å²) in [4.78, 5) is 12.8. The minimum atomic E-state index is 0.0458. The van der Waals surface area contributed by atoms with E-state index in [9.17, 15) is 4.79 Å². The number of benzene rings is 3. The number of hydrogen-bond donors (Lipinski definition) is 1. The van der Waals surface area contributed by atoms with Gasteiger partial charge in [-0.2, -0.15) is 0 Å². The predicted molar refractivity (Wildman–Crippen MR) is 117 cm³/mol. The summed E-state index contributed by atoms with van der Waals surface area (Å²) in [7, 11) is 1.67. The largest absolute Gasteiger partial charge is 0.497 e. The monoisotopic (exact) mass is 385 g/mol. The van der Waals surface area contributed by atoms with Crippen molar-refractivity contribution >= 4 is 5.91 Å². The van der Waals surface area contributed by atoms with Crippen molar-refractivity contribution < 1.29 is 9.53 Å². The van der Waals surface area contributed by atoms with Crippen molar-refractivity contribution in [1.82, 2.24) is 5.32 Å². The van der Waals surface area contributed by atoms with Gasteiger partial charge in [-0.15, -0.1) is 0 Å². The number of nitrogens with one attached hydrogen (secondary N) is 1. The van der Waals surface area contributed by atoms with Crippen LogP contribution in [0.3, 0.4) is 0 Å². The van der Waals surface area contributed by atoms with E-state index in [4.69, 9.17) is 4.74 Å². The van der Waals surface area contributed by atoms with Crippen LogP contribution < -0.4 is 10.1 Å². The smallest absolute Gasteiger partial charge is 0.224 e. The first-order valence-electron chi connectivity index (χ1n) is 10.3. The molecule has 29 heavy (non-hydrogen) atoms. The molecule has 148 valence electrons. The number of rotatable bonds is 7. The van der Waals surface area contributed by atoms with Crippen molar-refractivity contribution in [2.75, 3.05) is 7.11 Å². The standard InChI is InChI=1S/C26H27NO2/c1-3-25(27-26(28)24-17-23(24)20-7-5-4-6-8-20)21-11-9-18(10-12-21)19-13-15-22(29-2)16-14-19/h4-16,23-25H,3,17H2,1-2H3,(H,27,28)/t23-,24+,25-/m0/s1. The average molecular weight is 386 g/mol. The zero-order valence-corrected chi connectivity index (χ0v) is 17.0. The lowest BCUT2D eigenvalue weighted by Gasteiger charge is -2.18. The molecule has 1 N–H and O–H groups in total. The molecule has 1 aliphatic carbocycles. The maximum atomic E-state index is 12.8. The van der Waals surface area contributed by atoms with E-state index in [0.717, 1.165) is 35.3 Å². The Bertz CT molecular complexity index is 948. The first-order chi connectivity index (χ1) is 14.2. The van der Waals surface area contributed by atoms with Crippen LogP contribution >= 0.6 is 0 Å². The van der Waals surface area contributed by atoms with Gasteiger partial charge in [0, 0.05) is 5.92 Å². The van der Waals surface area contributed by atoms with Gasteiger partial charge in [-0.3, -0.25) is 4.79 Å². The molecular formula is C26H27NO2. The van der Waals surface area contributed by atoms with Gasteiger partial charge in [0.05, 0.1) is 13.2 Å². The molecule has 1 fully saturated rings. The fourth-order valence-electron chi connectivity index (χ4n) is 3.94. The fraction of sp³-hybridized carbons (Fsp3) is 0.269. The number of carbonyl (C=O) groups is 1. The Labute approximate surface area is 172 Å². The molecule has 3 nitrogen and oxygen atoms in total. The van der Waals surface area contributed by atoms with E-state index < -0.39 is 0 Å². The maximum absolute atomic E-state index is 12.8. The van der Waals surface area contributed by atoms with Gasteiger partial charge >= 0.3 is 0 Å². The predicted octanol–water partition coefficient (Wildman–Crippen LogP) is 5.73. The van der Waals surface area contributed by atoms with Crippen molar-refractivity contribution in [2.45, 2.75) is 31.7 Å². The highest BCUT2D eigenvalue weighted by Gasteiger charge is 2.44. The third-order valence-electron chi connectivity index (χ3n) is 5.82. The molecule has 3 aromatic carbocycles. The van der Waals surface area contributed by atoms with E-state index in [1.165, 1.54) is 5.56 Å². The lowest BCUT2D eigenvalue weighted by Crippen LogP contribution is -2.29. The van der Waals surface area contributed by atoms with Crippen LogP contribution in [0.4, 0.5) is 0 Å². The zero-order chi connectivity index (χ0) is 20.2. The van der Waals surface area contributed by atoms with Gasteiger partial charge in [0.1, 0.15) is 5.75 Å². The zero-order valence-electron chi connectivity index (χ0n) is 17.0. The molecule has 0 aliphatic heterocycles. The maximum Gasteiger partial charge on any atom is 0.224 e. The van der Waals surface area contributed by atoms with E-state index in [1.807, 2.05) is 30.3 Å². The van der Waals surface area contributed by atoms with E-state index in [-0.39, 0.29) is 17.9 Å². The number of carbonyl (C=O) groups excluding carboxylic acids is 1. The molecule has 0 radical (unpaired) electrons. The van der Waals surface area contributed by atoms with Gasteiger partial charge < -0.3 is 10.1 Å². The molecule has 1 amide bonds. The van der Waals surface area contributed by atoms with Crippen molar-refractivity contribution in [3.05, 3.63) is 90.0 Å². The first-order valence-corrected chi connectivity index (χ1v) is 10.3. The number of amides is 1. The number of hydrogen-bond acceptors (Lipinski definition) is 2. The Kier molecular flexibility index (Phi) is 5.66. The second-order valence-corrected chi connectivity index (χ2v) is 7.68. The highest BCUT2D eigenvalue weighted by Crippen LogP contribution is 2.47. The van der Waals surface area contributed by atoms with Crippen molar-refractivity contribution in [3.63, 3.8) is 0 Å². The number of ether oxygens (including phenoxy) is 1. The summed E-state index contributed by atoms with van der Waals surface area (Å²) in [6.07, 6.45) is 1.82. The van der Waals surface area contributed by atoms with Gasteiger partial charge in [-0.05, 0) is 53.1 Å². The molecule has 1 aliphatic rings. The molecule has 0 heterocycles.